The highest BCUT2D eigenvalue weighted by molar-refractivity contribution is 5.91. The first-order valence-electron chi connectivity index (χ1n) is 8.07. The Morgan fingerprint density at radius 2 is 1.81 bits per heavy atom. The summed E-state index contributed by atoms with van der Waals surface area (Å²) >= 11 is 0. The second-order valence-electron chi connectivity index (χ2n) is 6.22. The molecule has 0 amide bonds. The molecule has 3 rings (SSSR count). The highest BCUT2D eigenvalue weighted by Gasteiger charge is 2.20. The average molecular weight is 283 g/mol. The molecule has 1 saturated carbocycles. The number of methoxy groups -OCH3 is 1. The van der Waals surface area contributed by atoms with Crippen molar-refractivity contribution in [1.29, 1.82) is 0 Å². The van der Waals surface area contributed by atoms with Crippen LogP contribution in [-0.4, -0.2) is 13.2 Å². The molecule has 0 radical (unpaired) electrons. The van der Waals surface area contributed by atoms with Gasteiger partial charge in [0.1, 0.15) is 5.75 Å². The Labute approximate surface area is 127 Å². The number of benzene rings is 2. The maximum absolute atomic E-state index is 5.47. The van der Waals surface area contributed by atoms with Crippen molar-refractivity contribution in [3.05, 3.63) is 42.0 Å². The number of fused-ring (bicyclic) bond motifs is 1. The van der Waals surface area contributed by atoms with Crippen LogP contribution >= 0.6 is 0 Å². The van der Waals surface area contributed by atoms with E-state index < -0.39 is 0 Å². The SMILES string of the molecule is COc1ccc(CN[C@@H]2CCCC[C@H]2C)c2ccccc12. The lowest BCUT2D eigenvalue weighted by Gasteiger charge is -2.30. The number of ether oxygens (including phenoxy) is 1. The molecule has 21 heavy (non-hydrogen) atoms. The van der Waals surface area contributed by atoms with E-state index in [9.17, 15) is 0 Å². The average Bonchev–Trinajstić information content (AvgIpc) is 2.54. The quantitative estimate of drug-likeness (QED) is 0.891. The minimum Gasteiger partial charge on any atom is -0.496 e. The molecule has 0 unspecified atom stereocenters. The van der Waals surface area contributed by atoms with Gasteiger partial charge in [-0.15, -0.1) is 0 Å². The first-order chi connectivity index (χ1) is 10.3. The van der Waals surface area contributed by atoms with Gasteiger partial charge in [-0.3, -0.25) is 0 Å². The lowest BCUT2D eigenvalue weighted by molar-refractivity contribution is 0.279. The summed E-state index contributed by atoms with van der Waals surface area (Å²) in [6.07, 6.45) is 5.44. The molecule has 1 aliphatic carbocycles. The van der Waals surface area contributed by atoms with E-state index in [1.54, 1.807) is 7.11 Å². The zero-order chi connectivity index (χ0) is 14.7. The lowest BCUT2D eigenvalue weighted by atomic mass is 9.86. The van der Waals surface area contributed by atoms with Crippen molar-refractivity contribution in [1.82, 2.24) is 5.32 Å². The summed E-state index contributed by atoms with van der Waals surface area (Å²) in [6, 6.07) is 13.5. The van der Waals surface area contributed by atoms with E-state index in [1.165, 1.54) is 42.0 Å². The van der Waals surface area contributed by atoms with Crippen molar-refractivity contribution >= 4 is 10.8 Å². The van der Waals surface area contributed by atoms with Crippen LogP contribution in [0.1, 0.15) is 38.2 Å². The molecule has 2 aromatic carbocycles. The number of hydrogen-bond acceptors (Lipinski definition) is 2. The van der Waals surface area contributed by atoms with Gasteiger partial charge < -0.3 is 10.1 Å². The first-order valence-corrected chi connectivity index (χ1v) is 8.07. The predicted octanol–water partition coefficient (Wildman–Crippen LogP) is 4.52. The van der Waals surface area contributed by atoms with Crippen LogP contribution < -0.4 is 10.1 Å². The van der Waals surface area contributed by atoms with Crippen LogP contribution in [0, 0.1) is 5.92 Å². The molecule has 1 N–H and O–H groups in total. The van der Waals surface area contributed by atoms with E-state index in [0.29, 0.717) is 6.04 Å². The maximum Gasteiger partial charge on any atom is 0.126 e. The normalized spacial score (nSPS) is 22.4. The minimum atomic E-state index is 0.666. The standard InChI is InChI=1S/C19H25NO/c1-14-7-3-6-10-18(14)20-13-15-11-12-19(21-2)17-9-5-4-8-16(15)17/h4-5,8-9,11-12,14,18,20H,3,6-7,10,13H2,1-2H3/t14-,18-/m1/s1. The molecule has 0 bridgehead atoms. The molecule has 112 valence electrons. The summed E-state index contributed by atoms with van der Waals surface area (Å²) in [5.41, 5.74) is 1.36. The number of hydrogen-bond donors (Lipinski definition) is 1. The van der Waals surface area contributed by atoms with Crippen molar-refractivity contribution in [3.63, 3.8) is 0 Å². The van der Waals surface area contributed by atoms with E-state index in [4.69, 9.17) is 4.74 Å². The monoisotopic (exact) mass is 283 g/mol. The van der Waals surface area contributed by atoms with Crippen LogP contribution in [0.25, 0.3) is 10.8 Å². The first kappa shape index (κ1) is 14.4. The molecule has 2 atom stereocenters. The van der Waals surface area contributed by atoms with E-state index in [2.05, 4.69) is 48.6 Å². The van der Waals surface area contributed by atoms with Gasteiger partial charge in [0, 0.05) is 18.0 Å². The van der Waals surface area contributed by atoms with E-state index in [1.807, 2.05) is 0 Å². The summed E-state index contributed by atoms with van der Waals surface area (Å²) in [6.45, 7) is 3.32. The molecule has 0 saturated heterocycles. The molecule has 0 aromatic heterocycles. The highest BCUT2D eigenvalue weighted by atomic mass is 16.5. The van der Waals surface area contributed by atoms with Gasteiger partial charge in [-0.2, -0.15) is 0 Å². The molecule has 2 aromatic rings. The topological polar surface area (TPSA) is 21.3 Å². The molecule has 2 heteroatoms. The molecule has 1 aliphatic rings. The van der Waals surface area contributed by atoms with E-state index in [-0.39, 0.29) is 0 Å². The molecular formula is C19H25NO. The molecule has 2 nitrogen and oxygen atoms in total. The maximum atomic E-state index is 5.47. The van der Waals surface area contributed by atoms with Crippen LogP contribution in [-0.2, 0) is 6.54 Å². The van der Waals surface area contributed by atoms with Crippen molar-refractivity contribution in [2.45, 2.75) is 45.2 Å². The van der Waals surface area contributed by atoms with Crippen LogP contribution in [0.5, 0.6) is 5.75 Å². The van der Waals surface area contributed by atoms with Gasteiger partial charge in [0.05, 0.1) is 7.11 Å². The van der Waals surface area contributed by atoms with Gasteiger partial charge >= 0.3 is 0 Å². The summed E-state index contributed by atoms with van der Waals surface area (Å²) in [5.74, 6) is 1.75. The van der Waals surface area contributed by atoms with Crippen LogP contribution in [0.4, 0.5) is 0 Å². The van der Waals surface area contributed by atoms with Crippen LogP contribution in [0.2, 0.25) is 0 Å². The molecule has 0 heterocycles. The molecule has 1 fully saturated rings. The van der Waals surface area contributed by atoms with Gasteiger partial charge in [0.2, 0.25) is 0 Å². The smallest absolute Gasteiger partial charge is 0.126 e. The third-order valence-electron chi connectivity index (χ3n) is 4.86. The predicted molar refractivity (Wildman–Crippen MR) is 88.8 cm³/mol. The fraction of sp³-hybridized carbons (Fsp3) is 0.474. The molecular weight excluding hydrogens is 258 g/mol. The van der Waals surface area contributed by atoms with Crippen LogP contribution in [0.15, 0.2) is 36.4 Å². The van der Waals surface area contributed by atoms with Gasteiger partial charge in [-0.05, 0) is 35.8 Å². The van der Waals surface area contributed by atoms with Gasteiger partial charge in [-0.1, -0.05) is 50.1 Å². The minimum absolute atomic E-state index is 0.666. The Hall–Kier alpha value is -1.54. The second kappa shape index (κ2) is 6.48. The molecule has 0 spiro atoms. The van der Waals surface area contributed by atoms with Gasteiger partial charge in [0.15, 0.2) is 0 Å². The third-order valence-corrected chi connectivity index (χ3v) is 4.86. The Morgan fingerprint density at radius 3 is 2.57 bits per heavy atom. The summed E-state index contributed by atoms with van der Waals surface area (Å²) in [7, 11) is 1.74. The lowest BCUT2D eigenvalue weighted by Crippen LogP contribution is -2.36. The Morgan fingerprint density at radius 1 is 1.05 bits per heavy atom. The van der Waals surface area contributed by atoms with Crippen LogP contribution in [0.3, 0.4) is 0 Å². The Kier molecular flexibility index (Phi) is 4.45. The van der Waals surface area contributed by atoms with Crippen molar-refractivity contribution in [2.75, 3.05) is 7.11 Å². The van der Waals surface area contributed by atoms with Crippen molar-refractivity contribution in [2.24, 2.45) is 5.92 Å². The Bertz CT molecular complexity index is 608. The van der Waals surface area contributed by atoms with Crippen molar-refractivity contribution in [3.8, 4) is 5.75 Å². The third kappa shape index (κ3) is 3.06. The van der Waals surface area contributed by atoms with E-state index in [0.717, 1.165) is 18.2 Å². The highest BCUT2D eigenvalue weighted by Crippen LogP contribution is 2.29. The Balaban J connectivity index is 1.81. The fourth-order valence-electron chi connectivity index (χ4n) is 3.53. The fourth-order valence-corrected chi connectivity index (χ4v) is 3.53. The largest absolute Gasteiger partial charge is 0.496 e. The van der Waals surface area contributed by atoms with Gasteiger partial charge in [-0.25, -0.2) is 0 Å². The van der Waals surface area contributed by atoms with E-state index >= 15 is 0 Å². The summed E-state index contributed by atoms with van der Waals surface area (Å²) in [5, 5.41) is 6.28. The molecule has 0 aliphatic heterocycles. The second-order valence-corrected chi connectivity index (χ2v) is 6.22. The zero-order valence-corrected chi connectivity index (χ0v) is 13.1. The summed E-state index contributed by atoms with van der Waals surface area (Å²) in [4.78, 5) is 0. The number of rotatable bonds is 4. The van der Waals surface area contributed by atoms with Gasteiger partial charge in [0.25, 0.3) is 0 Å². The van der Waals surface area contributed by atoms with Crippen molar-refractivity contribution < 1.29 is 4.74 Å². The summed E-state index contributed by atoms with van der Waals surface area (Å²) < 4.78 is 5.47. The zero-order valence-electron chi connectivity index (χ0n) is 13.1. The number of nitrogens with one attached hydrogen (secondary N) is 1.